The van der Waals surface area contributed by atoms with Crippen LogP contribution in [0.1, 0.15) is 24.0 Å². The molecule has 0 aromatic heterocycles. The molecule has 2 aromatic rings. The highest BCUT2D eigenvalue weighted by atomic mass is 79.9. The van der Waals surface area contributed by atoms with Crippen LogP contribution in [0.4, 0.5) is 8.78 Å². The van der Waals surface area contributed by atoms with E-state index in [2.05, 4.69) is 21.2 Å². The molecule has 0 bridgehead atoms. The summed E-state index contributed by atoms with van der Waals surface area (Å²) in [4.78, 5) is 26.4. The molecule has 7 heteroatoms. The van der Waals surface area contributed by atoms with E-state index in [1.54, 1.807) is 35.2 Å². The summed E-state index contributed by atoms with van der Waals surface area (Å²) >= 11 is 3.28. The number of carbonyl (C=O) groups is 2. The van der Waals surface area contributed by atoms with Crippen molar-refractivity contribution in [1.82, 2.24) is 10.2 Å². The van der Waals surface area contributed by atoms with Crippen LogP contribution in [-0.4, -0.2) is 36.3 Å². The van der Waals surface area contributed by atoms with Crippen molar-refractivity contribution in [2.24, 2.45) is 5.92 Å². The van der Waals surface area contributed by atoms with Gasteiger partial charge in [-0.25, -0.2) is 8.78 Å². The molecule has 158 valence electrons. The average Bonchev–Trinajstić information content (AvgIpc) is 2.75. The highest BCUT2D eigenvalue weighted by Crippen LogP contribution is 2.19. The number of halogens is 3. The summed E-state index contributed by atoms with van der Waals surface area (Å²) in [6, 6.07) is 11.1. The van der Waals surface area contributed by atoms with E-state index < -0.39 is 5.82 Å². The Morgan fingerprint density at radius 2 is 1.83 bits per heavy atom. The molecule has 2 amide bonds. The summed E-state index contributed by atoms with van der Waals surface area (Å²) in [5, 5.41) is 2.86. The van der Waals surface area contributed by atoms with Gasteiger partial charge >= 0.3 is 0 Å². The number of rotatable bonds is 6. The number of hydrogen-bond donors (Lipinski definition) is 1. The zero-order valence-electron chi connectivity index (χ0n) is 16.4. The van der Waals surface area contributed by atoms with E-state index in [0.29, 0.717) is 50.0 Å². The minimum Gasteiger partial charge on any atom is -0.356 e. The van der Waals surface area contributed by atoms with E-state index in [0.717, 1.165) is 4.47 Å². The van der Waals surface area contributed by atoms with Gasteiger partial charge in [0.15, 0.2) is 0 Å². The molecular weight excluding hydrogens is 454 g/mol. The van der Waals surface area contributed by atoms with Gasteiger partial charge in [0.05, 0.1) is 0 Å². The van der Waals surface area contributed by atoms with E-state index in [4.69, 9.17) is 0 Å². The van der Waals surface area contributed by atoms with Crippen molar-refractivity contribution >= 4 is 33.8 Å². The van der Waals surface area contributed by atoms with Gasteiger partial charge in [0.1, 0.15) is 11.6 Å². The number of piperidine rings is 1. The first-order valence-corrected chi connectivity index (χ1v) is 10.7. The number of amides is 2. The second-order valence-corrected chi connectivity index (χ2v) is 8.15. The molecule has 2 aromatic carbocycles. The summed E-state index contributed by atoms with van der Waals surface area (Å²) in [5.74, 6) is -1.10. The first-order chi connectivity index (χ1) is 14.4. The van der Waals surface area contributed by atoms with Gasteiger partial charge in [-0.3, -0.25) is 9.59 Å². The molecule has 1 heterocycles. The predicted octanol–water partition coefficient (Wildman–Crippen LogP) is 4.34. The average molecular weight is 477 g/mol. The third-order valence-electron chi connectivity index (χ3n) is 5.19. The van der Waals surface area contributed by atoms with E-state index in [-0.39, 0.29) is 23.5 Å². The molecule has 1 aliphatic heterocycles. The number of hydrogen-bond acceptors (Lipinski definition) is 2. The molecule has 30 heavy (non-hydrogen) atoms. The van der Waals surface area contributed by atoms with Crippen LogP contribution in [0, 0.1) is 17.6 Å². The maximum atomic E-state index is 13.8. The molecule has 0 aliphatic carbocycles. The molecule has 0 spiro atoms. The molecule has 1 fully saturated rings. The van der Waals surface area contributed by atoms with Crippen LogP contribution in [0.3, 0.4) is 0 Å². The van der Waals surface area contributed by atoms with Crippen LogP contribution in [0.2, 0.25) is 0 Å². The van der Waals surface area contributed by atoms with Gasteiger partial charge in [-0.15, -0.1) is 0 Å². The van der Waals surface area contributed by atoms with Crippen molar-refractivity contribution in [1.29, 1.82) is 0 Å². The Kier molecular flexibility index (Phi) is 7.74. The van der Waals surface area contributed by atoms with Crippen LogP contribution in [0.15, 0.2) is 53.0 Å². The van der Waals surface area contributed by atoms with E-state index in [9.17, 15) is 18.4 Å². The van der Waals surface area contributed by atoms with Gasteiger partial charge in [-0.2, -0.15) is 0 Å². The number of carbonyl (C=O) groups excluding carboxylic acids is 2. The summed E-state index contributed by atoms with van der Waals surface area (Å²) in [6.45, 7) is 1.31. The van der Waals surface area contributed by atoms with E-state index in [1.165, 1.54) is 24.3 Å². The third kappa shape index (κ3) is 5.98. The van der Waals surface area contributed by atoms with Crippen molar-refractivity contribution in [2.75, 3.05) is 19.6 Å². The molecule has 1 aliphatic rings. The molecule has 0 unspecified atom stereocenters. The van der Waals surface area contributed by atoms with Crippen LogP contribution in [-0.2, 0) is 16.0 Å². The van der Waals surface area contributed by atoms with Gasteiger partial charge in [0, 0.05) is 41.7 Å². The summed E-state index contributed by atoms with van der Waals surface area (Å²) in [5.41, 5.74) is 0.911. The Bertz CT molecular complexity index is 941. The molecule has 3 rings (SSSR count). The van der Waals surface area contributed by atoms with Gasteiger partial charge < -0.3 is 10.2 Å². The van der Waals surface area contributed by atoms with Gasteiger partial charge in [0.2, 0.25) is 11.8 Å². The lowest BCUT2D eigenvalue weighted by molar-refractivity contribution is -0.132. The molecule has 0 saturated carbocycles. The van der Waals surface area contributed by atoms with Crippen molar-refractivity contribution < 1.29 is 18.4 Å². The van der Waals surface area contributed by atoms with E-state index >= 15 is 0 Å². The molecule has 0 radical (unpaired) electrons. The maximum Gasteiger partial charge on any atom is 0.246 e. The number of nitrogens with one attached hydrogen (secondary N) is 1. The number of benzene rings is 2. The molecule has 1 N–H and O–H groups in total. The molecular formula is C23H23BrF2N2O2. The lowest BCUT2D eigenvalue weighted by atomic mass is 9.95. The second-order valence-electron chi connectivity index (χ2n) is 7.23. The van der Waals surface area contributed by atoms with Crippen molar-refractivity contribution in [3.05, 3.63) is 75.8 Å². The van der Waals surface area contributed by atoms with Crippen molar-refractivity contribution in [3.8, 4) is 0 Å². The van der Waals surface area contributed by atoms with Crippen LogP contribution in [0.5, 0.6) is 0 Å². The zero-order chi connectivity index (χ0) is 21.5. The Balaban J connectivity index is 1.44. The fourth-order valence-electron chi connectivity index (χ4n) is 3.44. The van der Waals surface area contributed by atoms with Crippen molar-refractivity contribution in [2.45, 2.75) is 19.3 Å². The first-order valence-electron chi connectivity index (χ1n) is 9.87. The predicted molar refractivity (Wildman–Crippen MR) is 116 cm³/mol. The minimum absolute atomic E-state index is 0.0646. The fraction of sp³-hybridized carbons (Fsp3) is 0.304. The van der Waals surface area contributed by atoms with Gasteiger partial charge in [0.25, 0.3) is 0 Å². The number of likely N-dealkylation sites (tertiary alicyclic amines) is 1. The molecule has 4 nitrogen and oxygen atoms in total. The normalized spacial score (nSPS) is 14.8. The van der Waals surface area contributed by atoms with Crippen LogP contribution < -0.4 is 5.32 Å². The SMILES string of the molecule is O=C(NCCc1ccccc1F)C1CCN(C(=O)/C=C/c2cc(Br)ccc2F)CC1. The fourth-order valence-corrected chi connectivity index (χ4v) is 3.82. The van der Waals surface area contributed by atoms with Gasteiger partial charge in [-0.1, -0.05) is 34.1 Å². The Hall–Kier alpha value is -2.54. The molecule has 1 saturated heterocycles. The monoisotopic (exact) mass is 476 g/mol. The van der Waals surface area contributed by atoms with E-state index in [1.807, 2.05) is 0 Å². The highest BCUT2D eigenvalue weighted by Gasteiger charge is 2.26. The smallest absolute Gasteiger partial charge is 0.246 e. The lowest BCUT2D eigenvalue weighted by Crippen LogP contribution is -2.42. The topological polar surface area (TPSA) is 49.4 Å². The first kappa shape index (κ1) is 22.2. The second kappa shape index (κ2) is 10.5. The quantitative estimate of drug-likeness (QED) is 0.630. The Morgan fingerprint density at radius 3 is 2.57 bits per heavy atom. The summed E-state index contributed by atoms with van der Waals surface area (Å²) < 4.78 is 28.1. The zero-order valence-corrected chi connectivity index (χ0v) is 18.0. The largest absolute Gasteiger partial charge is 0.356 e. The van der Waals surface area contributed by atoms with Crippen LogP contribution in [0.25, 0.3) is 6.08 Å². The maximum absolute atomic E-state index is 13.8. The lowest BCUT2D eigenvalue weighted by Gasteiger charge is -2.30. The number of nitrogens with zero attached hydrogens (tertiary/aromatic N) is 1. The summed E-state index contributed by atoms with van der Waals surface area (Å²) in [6.07, 6.45) is 4.39. The minimum atomic E-state index is -0.395. The Labute approximate surface area is 183 Å². The van der Waals surface area contributed by atoms with Crippen molar-refractivity contribution in [3.63, 3.8) is 0 Å². The Morgan fingerprint density at radius 1 is 1.10 bits per heavy atom. The van der Waals surface area contributed by atoms with Gasteiger partial charge in [-0.05, 0) is 55.2 Å². The third-order valence-corrected chi connectivity index (χ3v) is 5.69. The standard InChI is InChI=1S/C23H23BrF2N2O2/c24-19-6-7-21(26)18(15-19)5-8-22(29)28-13-10-17(11-14-28)23(30)27-12-9-16-3-1-2-4-20(16)25/h1-8,15,17H,9-14H2,(H,27,30)/b8-5+. The highest BCUT2D eigenvalue weighted by molar-refractivity contribution is 9.10. The molecule has 0 atom stereocenters. The van der Waals surface area contributed by atoms with Crippen LogP contribution >= 0.6 is 15.9 Å². The summed E-state index contributed by atoms with van der Waals surface area (Å²) in [7, 11) is 0.